The molecule has 0 aliphatic carbocycles. The van der Waals surface area contributed by atoms with E-state index in [1.165, 1.54) is 41.8 Å². The number of carbonyl (C=O) groups is 2. The van der Waals surface area contributed by atoms with Crippen LogP contribution in [-0.4, -0.2) is 23.0 Å². The minimum Gasteiger partial charge on any atom is -0.422 e. The Morgan fingerprint density at radius 1 is 1.11 bits per heavy atom. The molecule has 0 atom stereocenters. The maximum atomic E-state index is 12.0. The number of nitrogens with one attached hydrogen (secondary N) is 1. The monoisotopic (exact) mass is 395 g/mol. The summed E-state index contributed by atoms with van der Waals surface area (Å²) in [5.74, 6) is -0.606. The molecule has 1 heterocycles. The van der Waals surface area contributed by atoms with E-state index in [2.05, 4.69) is 10.5 Å². The number of non-ortho nitro benzene ring substituents is 1. The lowest BCUT2D eigenvalue weighted by Crippen LogP contribution is -2.17. The summed E-state index contributed by atoms with van der Waals surface area (Å²) in [7, 11) is 0. The number of amides is 1. The number of nitrogens with zero attached hydrogens (tertiary/aromatic N) is 2. The zero-order valence-electron chi connectivity index (χ0n) is 14.3. The van der Waals surface area contributed by atoms with Crippen LogP contribution in [-0.2, 0) is 0 Å². The molecule has 0 saturated carbocycles. The average molecular weight is 395 g/mol. The summed E-state index contributed by atoms with van der Waals surface area (Å²) >= 11 is 1.29. The van der Waals surface area contributed by atoms with Crippen LogP contribution in [0.5, 0.6) is 5.75 Å². The molecule has 0 unspecified atom stereocenters. The van der Waals surface area contributed by atoms with Crippen molar-refractivity contribution < 1.29 is 19.2 Å². The summed E-state index contributed by atoms with van der Waals surface area (Å²) in [6.45, 7) is 0. The van der Waals surface area contributed by atoms with Crippen LogP contribution >= 0.6 is 11.3 Å². The van der Waals surface area contributed by atoms with E-state index in [4.69, 9.17) is 4.74 Å². The summed E-state index contributed by atoms with van der Waals surface area (Å²) in [4.78, 5) is 34.5. The molecule has 1 N–H and O–H groups in total. The Hall–Kier alpha value is -3.85. The van der Waals surface area contributed by atoms with E-state index in [0.29, 0.717) is 16.2 Å². The number of hydrogen-bond acceptors (Lipinski definition) is 7. The molecule has 28 heavy (non-hydrogen) atoms. The maximum absolute atomic E-state index is 12.0. The second-order valence-corrected chi connectivity index (χ2v) is 6.39. The van der Waals surface area contributed by atoms with Crippen LogP contribution in [0.25, 0.3) is 0 Å². The highest BCUT2D eigenvalue weighted by atomic mass is 32.1. The van der Waals surface area contributed by atoms with Crippen molar-refractivity contribution in [2.45, 2.75) is 0 Å². The van der Waals surface area contributed by atoms with Gasteiger partial charge in [0.1, 0.15) is 10.6 Å². The highest BCUT2D eigenvalue weighted by Crippen LogP contribution is 2.16. The summed E-state index contributed by atoms with van der Waals surface area (Å²) in [5, 5.41) is 16.3. The van der Waals surface area contributed by atoms with Crippen molar-refractivity contribution >= 4 is 35.1 Å². The number of nitro benzene ring substituents is 1. The van der Waals surface area contributed by atoms with Gasteiger partial charge in [-0.25, -0.2) is 10.2 Å². The lowest BCUT2D eigenvalue weighted by atomic mass is 10.2. The molecule has 1 amide bonds. The number of esters is 1. The zero-order valence-corrected chi connectivity index (χ0v) is 15.1. The Kier molecular flexibility index (Phi) is 5.87. The summed E-state index contributed by atoms with van der Waals surface area (Å²) in [6.07, 6.45) is 1.39. The molecule has 0 saturated heterocycles. The SMILES string of the molecule is O=C(N/N=C/c1cccc(OC(=O)c2cccs2)c1)c1ccc([N+](=O)[O-])cc1. The van der Waals surface area contributed by atoms with Crippen LogP contribution in [0.4, 0.5) is 5.69 Å². The van der Waals surface area contributed by atoms with Crippen LogP contribution in [0.1, 0.15) is 25.6 Å². The molecule has 0 radical (unpaired) electrons. The van der Waals surface area contributed by atoms with Gasteiger partial charge in [-0.15, -0.1) is 11.3 Å². The topological polar surface area (TPSA) is 111 Å². The van der Waals surface area contributed by atoms with Gasteiger partial charge in [0.25, 0.3) is 11.6 Å². The Balaban J connectivity index is 1.60. The molecule has 8 nitrogen and oxygen atoms in total. The molecule has 140 valence electrons. The summed E-state index contributed by atoms with van der Waals surface area (Å²) in [6, 6.07) is 15.3. The van der Waals surface area contributed by atoms with Crippen molar-refractivity contribution in [2.24, 2.45) is 5.10 Å². The first-order chi connectivity index (χ1) is 13.5. The Morgan fingerprint density at radius 2 is 1.89 bits per heavy atom. The maximum Gasteiger partial charge on any atom is 0.353 e. The first-order valence-corrected chi connectivity index (χ1v) is 8.84. The molecule has 0 aliphatic heterocycles. The van der Waals surface area contributed by atoms with E-state index >= 15 is 0 Å². The molecule has 0 aliphatic rings. The van der Waals surface area contributed by atoms with Crippen molar-refractivity contribution in [1.29, 1.82) is 0 Å². The Morgan fingerprint density at radius 3 is 2.57 bits per heavy atom. The van der Waals surface area contributed by atoms with Crippen LogP contribution in [0, 0.1) is 10.1 Å². The van der Waals surface area contributed by atoms with Crippen molar-refractivity contribution in [3.05, 3.63) is 92.2 Å². The second-order valence-electron chi connectivity index (χ2n) is 5.44. The number of thiophene rings is 1. The van der Waals surface area contributed by atoms with Crippen molar-refractivity contribution in [3.63, 3.8) is 0 Å². The third-order valence-electron chi connectivity index (χ3n) is 3.51. The number of nitro groups is 1. The third kappa shape index (κ3) is 4.86. The number of hydrogen-bond donors (Lipinski definition) is 1. The smallest absolute Gasteiger partial charge is 0.353 e. The van der Waals surface area contributed by atoms with Crippen LogP contribution in [0.2, 0.25) is 0 Å². The van der Waals surface area contributed by atoms with Crippen LogP contribution in [0.15, 0.2) is 71.1 Å². The molecule has 3 aromatic rings. The third-order valence-corrected chi connectivity index (χ3v) is 4.36. The van der Waals surface area contributed by atoms with Crippen LogP contribution in [0.3, 0.4) is 0 Å². The molecule has 1 aromatic heterocycles. The van der Waals surface area contributed by atoms with Gasteiger partial charge in [0.15, 0.2) is 0 Å². The highest BCUT2D eigenvalue weighted by Gasteiger charge is 2.10. The van der Waals surface area contributed by atoms with E-state index in [-0.39, 0.29) is 11.3 Å². The number of rotatable bonds is 6. The molecular weight excluding hydrogens is 382 g/mol. The van der Waals surface area contributed by atoms with Crippen molar-refractivity contribution in [3.8, 4) is 5.75 Å². The van der Waals surface area contributed by atoms with Gasteiger partial charge in [0.05, 0.1) is 11.1 Å². The largest absolute Gasteiger partial charge is 0.422 e. The van der Waals surface area contributed by atoms with E-state index in [1.807, 2.05) is 0 Å². The molecule has 0 spiro atoms. The predicted molar refractivity (Wildman–Crippen MR) is 104 cm³/mol. The zero-order chi connectivity index (χ0) is 19.9. The van der Waals surface area contributed by atoms with Gasteiger partial charge < -0.3 is 4.74 Å². The summed E-state index contributed by atoms with van der Waals surface area (Å²) < 4.78 is 5.29. The standard InChI is InChI=1S/C19H13N3O5S/c23-18(14-6-8-15(9-7-14)22(25)26)21-20-12-13-3-1-4-16(11-13)27-19(24)17-5-2-10-28-17/h1-12H,(H,21,23)/b20-12+. The quantitative estimate of drug-likeness (QED) is 0.225. The predicted octanol–water partition coefficient (Wildman–Crippen LogP) is 3.64. The van der Waals surface area contributed by atoms with Gasteiger partial charge in [-0.05, 0) is 41.3 Å². The van der Waals surface area contributed by atoms with E-state index in [1.54, 1.807) is 41.8 Å². The first kappa shape index (κ1) is 18.9. The fourth-order valence-electron chi connectivity index (χ4n) is 2.17. The molecule has 9 heteroatoms. The number of ether oxygens (including phenoxy) is 1. The van der Waals surface area contributed by atoms with Crippen molar-refractivity contribution in [2.75, 3.05) is 0 Å². The number of hydrazone groups is 1. The van der Waals surface area contributed by atoms with Gasteiger partial charge in [-0.2, -0.15) is 5.10 Å². The minimum absolute atomic E-state index is 0.103. The molecule has 0 bridgehead atoms. The Bertz CT molecular complexity index is 1030. The van der Waals surface area contributed by atoms with Gasteiger partial charge in [-0.3, -0.25) is 14.9 Å². The fraction of sp³-hybridized carbons (Fsp3) is 0. The Labute approximate surface area is 163 Å². The van der Waals surface area contributed by atoms with E-state index < -0.39 is 16.8 Å². The average Bonchev–Trinajstić information content (AvgIpc) is 3.23. The normalized spacial score (nSPS) is 10.6. The lowest BCUT2D eigenvalue weighted by molar-refractivity contribution is -0.384. The first-order valence-electron chi connectivity index (χ1n) is 7.96. The molecule has 2 aromatic carbocycles. The van der Waals surface area contributed by atoms with Gasteiger partial charge in [-0.1, -0.05) is 18.2 Å². The van der Waals surface area contributed by atoms with E-state index in [0.717, 1.165) is 0 Å². The summed E-state index contributed by atoms with van der Waals surface area (Å²) in [5.41, 5.74) is 3.08. The lowest BCUT2D eigenvalue weighted by Gasteiger charge is -2.03. The fourth-order valence-corrected chi connectivity index (χ4v) is 2.77. The second kappa shape index (κ2) is 8.69. The molecule has 3 rings (SSSR count). The highest BCUT2D eigenvalue weighted by molar-refractivity contribution is 7.12. The molecular formula is C19H13N3O5S. The minimum atomic E-state index is -0.544. The number of carbonyl (C=O) groups excluding carboxylic acids is 2. The number of benzene rings is 2. The van der Waals surface area contributed by atoms with Gasteiger partial charge in [0, 0.05) is 17.7 Å². The van der Waals surface area contributed by atoms with E-state index in [9.17, 15) is 19.7 Å². The molecule has 0 fully saturated rings. The van der Waals surface area contributed by atoms with Crippen LogP contribution < -0.4 is 10.2 Å². The van der Waals surface area contributed by atoms with Gasteiger partial charge >= 0.3 is 5.97 Å². The van der Waals surface area contributed by atoms with Gasteiger partial charge in [0.2, 0.25) is 0 Å². The van der Waals surface area contributed by atoms with Crippen molar-refractivity contribution in [1.82, 2.24) is 5.43 Å².